The van der Waals surface area contributed by atoms with Gasteiger partial charge in [0.25, 0.3) is 0 Å². The van der Waals surface area contributed by atoms with Gasteiger partial charge in [-0.15, -0.1) is 0 Å². The molecule has 0 bridgehead atoms. The van der Waals surface area contributed by atoms with E-state index in [0.29, 0.717) is 6.54 Å². The van der Waals surface area contributed by atoms with Gasteiger partial charge < -0.3 is 15.4 Å². The van der Waals surface area contributed by atoms with Gasteiger partial charge in [0, 0.05) is 38.4 Å². The molecule has 0 radical (unpaired) electrons. The van der Waals surface area contributed by atoms with Gasteiger partial charge in [-0.05, 0) is 30.5 Å². The maximum absolute atomic E-state index is 5.60. The highest BCUT2D eigenvalue weighted by atomic mass is 16.5. The van der Waals surface area contributed by atoms with Crippen molar-refractivity contribution < 1.29 is 4.74 Å². The maximum Gasteiger partial charge on any atom is 0.191 e. The fourth-order valence-electron chi connectivity index (χ4n) is 3.27. The fourth-order valence-corrected chi connectivity index (χ4v) is 3.27. The highest BCUT2D eigenvalue weighted by molar-refractivity contribution is 5.79. The van der Waals surface area contributed by atoms with Gasteiger partial charge in [0.05, 0.1) is 12.2 Å². The van der Waals surface area contributed by atoms with Gasteiger partial charge in [-0.3, -0.25) is 9.98 Å². The summed E-state index contributed by atoms with van der Waals surface area (Å²) in [5, 5.41) is 6.84. The van der Waals surface area contributed by atoms with Gasteiger partial charge >= 0.3 is 0 Å². The predicted molar refractivity (Wildman–Crippen MR) is 101 cm³/mol. The zero-order chi connectivity index (χ0) is 17.4. The Morgan fingerprint density at radius 3 is 2.52 bits per heavy atom. The molecule has 2 heterocycles. The van der Waals surface area contributed by atoms with Crippen molar-refractivity contribution in [1.82, 2.24) is 15.6 Å². The van der Waals surface area contributed by atoms with Crippen molar-refractivity contribution in [2.45, 2.75) is 24.8 Å². The lowest BCUT2D eigenvalue weighted by Gasteiger charge is -2.38. The largest absolute Gasteiger partial charge is 0.381 e. The summed E-state index contributed by atoms with van der Waals surface area (Å²) in [7, 11) is 1.80. The molecule has 1 saturated heterocycles. The second kappa shape index (κ2) is 8.62. The first-order valence-corrected chi connectivity index (χ1v) is 8.80. The number of hydrogen-bond donors (Lipinski definition) is 2. The van der Waals surface area contributed by atoms with Crippen molar-refractivity contribution in [3.8, 4) is 0 Å². The summed E-state index contributed by atoms with van der Waals surface area (Å²) in [6, 6.07) is 16.6. The maximum atomic E-state index is 5.60. The molecule has 0 spiro atoms. The van der Waals surface area contributed by atoms with Gasteiger partial charge in [-0.1, -0.05) is 36.4 Å². The van der Waals surface area contributed by atoms with Gasteiger partial charge in [0.15, 0.2) is 5.96 Å². The molecule has 2 aromatic rings. The third-order valence-electron chi connectivity index (χ3n) is 4.82. The minimum Gasteiger partial charge on any atom is -0.381 e. The van der Waals surface area contributed by atoms with Crippen LogP contribution in [0.15, 0.2) is 59.7 Å². The molecule has 3 rings (SSSR count). The monoisotopic (exact) mass is 338 g/mol. The number of guanidine groups is 1. The zero-order valence-corrected chi connectivity index (χ0v) is 14.7. The minimum atomic E-state index is 0.0854. The van der Waals surface area contributed by atoms with E-state index in [9.17, 15) is 0 Å². The van der Waals surface area contributed by atoms with E-state index in [1.54, 1.807) is 13.2 Å². The highest BCUT2D eigenvalue weighted by Gasteiger charge is 2.34. The summed E-state index contributed by atoms with van der Waals surface area (Å²) < 4.78 is 5.60. The molecule has 5 heteroatoms. The van der Waals surface area contributed by atoms with Crippen molar-refractivity contribution in [2.24, 2.45) is 4.99 Å². The summed E-state index contributed by atoms with van der Waals surface area (Å²) in [6.07, 6.45) is 3.84. The first kappa shape index (κ1) is 17.4. The normalized spacial score (nSPS) is 17.1. The fraction of sp³-hybridized carbons (Fsp3) is 0.400. The van der Waals surface area contributed by atoms with Crippen LogP contribution in [0.5, 0.6) is 0 Å². The standard InChI is InChI=1S/C20H26N4O/c1-21-19(23-15-18-9-5-6-12-22-18)24-16-20(10-13-25-14-11-20)17-7-3-2-4-8-17/h2-9,12H,10-11,13-16H2,1H3,(H2,21,23,24). The van der Waals surface area contributed by atoms with Crippen LogP contribution in [0, 0.1) is 0 Å². The molecule has 25 heavy (non-hydrogen) atoms. The molecular formula is C20H26N4O. The number of benzene rings is 1. The number of nitrogens with zero attached hydrogens (tertiary/aromatic N) is 2. The summed E-state index contributed by atoms with van der Waals surface area (Å²) >= 11 is 0. The van der Waals surface area contributed by atoms with E-state index in [-0.39, 0.29) is 5.41 Å². The van der Waals surface area contributed by atoms with Crippen LogP contribution in [-0.4, -0.2) is 37.7 Å². The van der Waals surface area contributed by atoms with Crippen LogP contribution in [0.25, 0.3) is 0 Å². The molecule has 0 saturated carbocycles. The van der Waals surface area contributed by atoms with Crippen LogP contribution in [0.2, 0.25) is 0 Å². The molecule has 0 amide bonds. The first-order chi connectivity index (χ1) is 12.3. The first-order valence-electron chi connectivity index (χ1n) is 8.80. The van der Waals surface area contributed by atoms with Crippen molar-refractivity contribution in [1.29, 1.82) is 0 Å². The third-order valence-corrected chi connectivity index (χ3v) is 4.82. The van der Waals surface area contributed by atoms with Gasteiger partial charge in [0.1, 0.15) is 0 Å². The third kappa shape index (κ3) is 4.57. The number of hydrogen-bond acceptors (Lipinski definition) is 3. The Bertz CT molecular complexity index is 667. The van der Waals surface area contributed by atoms with Crippen LogP contribution >= 0.6 is 0 Å². The number of aliphatic imine (C=N–C) groups is 1. The molecule has 1 aromatic heterocycles. The molecule has 0 unspecified atom stereocenters. The van der Waals surface area contributed by atoms with E-state index in [4.69, 9.17) is 4.74 Å². The van der Waals surface area contributed by atoms with Crippen LogP contribution < -0.4 is 10.6 Å². The van der Waals surface area contributed by atoms with E-state index in [1.807, 2.05) is 18.2 Å². The zero-order valence-electron chi connectivity index (χ0n) is 14.7. The summed E-state index contributed by atoms with van der Waals surface area (Å²) in [6.45, 7) is 3.09. The molecule has 0 atom stereocenters. The number of nitrogens with one attached hydrogen (secondary N) is 2. The highest BCUT2D eigenvalue weighted by Crippen LogP contribution is 2.34. The SMILES string of the molecule is CN=C(NCc1ccccn1)NCC1(c2ccccc2)CCOCC1. The molecule has 1 aliphatic heterocycles. The number of aromatic nitrogens is 1. The minimum absolute atomic E-state index is 0.0854. The molecule has 1 aliphatic rings. The Labute approximate surface area is 149 Å². The molecule has 1 aromatic carbocycles. The Morgan fingerprint density at radius 2 is 1.84 bits per heavy atom. The van der Waals surface area contributed by atoms with Crippen molar-refractivity contribution in [3.63, 3.8) is 0 Å². The Kier molecular flexibility index (Phi) is 6.01. The van der Waals surface area contributed by atoms with Crippen LogP contribution in [0.3, 0.4) is 0 Å². The van der Waals surface area contributed by atoms with Crippen LogP contribution in [0.4, 0.5) is 0 Å². The molecule has 0 aliphatic carbocycles. The summed E-state index contributed by atoms with van der Waals surface area (Å²) in [5.41, 5.74) is 2.45. The second-order valence-corrected chi connectivity index (χ2v) is 6.36. The number of pyridine rings is 1. The number of rotatable bonds is 5. The Balaban J connectivity index is 1.63. The Morgan fingerprint density at radius 1 is 1.08 bits per heavy atom. The van der Waals surface area contributed by atoms with Crippen LogP contribution in [-0.2, 0) is 16.7 Å². The molecule has 5 nitrogen and oxygen atoms in total. The number of ether oxygens (including phenoxy) is 1. The lowest BCUT2D eigenvalue weighted by molar-refractivity contribution is 0.0514. The van der Waals surface area contributed by atoms with E-state index < -0.39 is 0 Å². The molecular weight excluding hydrogens is 312 g/mol. The predicted octanol–water partition coefficient (Wildman–Crippen LogP) is 2.50. The van der Waals surface area contributed by atoms with Gasteiger partial charge in [-0.25, -0.2) is 0 Å². The van der Waals surface area contributed by atoms with Gasteiger partial charge in [-0.2, -0.15) is 0 Å². The van der Waals surface area contributed by atoms with Crippen molar-refractivity contribution in [3.05, 3.63) is 66.0 Å². The smallest absolute Gasteiger partial charge is 0.191 e. The quantitative estimate of drug-likeness (QED) is 0.650. The van der Waals surface area contributed by atoms with E-state index in [2.05, 4.69) is 50.9 Å². The van der Waals surface area contributed by atoms with Crippen molar-refractivity contribution in [2.75, 3.05) is 26.8 Å². The average molecular weight is 338 g/mol. The molecule has 2 N–H and O–H groups in total. The average Bonchev–Trinajstić information content (AvgIpc) is 2.70. The van der Waals surface area contributed by atoms with Crippen molar-refractivity contribution >= 4 is 5.96 Å². The molecule has 132 valence electrons. The summed E-state index contributed by atoms with van der Waals surface area (Å²) in [4.78, 5) is 8.68. The topological polar surface area (TPSA) is 58.5 Å². The molecule has 1 fully saturated rings. The summed E-state index contributed by atoms with van der Waals surface area (Å²) in [5.74, 6) is 0.799. The van der Waals surface area contributed by atoms with Crippen LogP contribution in [0.1, 0.15) is 24.1 Å². The lowest BCUT2D eigenvalue weighted by Crippen LogP contribution is -2.47. The second-order valence-electron chi connectivity index (χ2n) is 6.36. The van der Waals surface area contributed by atoms with E-state index in [0.717, 1.165) is 44.3 Å². The van der Waals surface area contributed by atoms with E-state index >= 15 is 0 Å². The Hall–Kier alpha value is -2.40. The lowest BCUT2D eigenvalue weighted by atomic mass is 9.74. The van der Waals surface area contributed by atoms with E-state index in [1.165, 1.54) is 5.56 Å². The van der Waals surface area contributed by atoms with Gasteiger partial charge in [0.2, 0.25) is 0 Å².